The lowest BCUT2D eigenvalue weighted by Gasteiger charge is -2.14. The lowest BCUT2D eigenvalue weighted by Crippen LogP contribution is -2.33. The fourth-order valence-electron chi connectivity index (χ4n) is 2.82. The van der Waals surface area contributed by atoms with Crippen molar-refractivity contribution in [3.63, 3.8) is 0 Å². The summed E-state index contributed by atoms with van der Waals surface area (Å²) in [6, 6.07) is 15.5. The molecule has 0 bridgehead atoms. The minimum atomic E-state index is -0.0870. The Labute approximate surface area is 169 Å². The van der Waals surface area contributed by atoms with E-state index in [0.717, 1.165) is 12.0 Å². The van der Waals surface area contributed by atoms with Crippen molar-refractivity contribution >= 4 is 28.6 Å². The molecule has 146 valence electrons. The number of para-hydroxylation sites is 1. The first-order chi connectivity index (χ1) is 13.5. The number of thioether (sulfide) groups is 1. The number of carbonyl (C=O) groups excluding carboxylic acids is 1. The van der Waals surface area contributed by atoms with Crippen molar-refractivity contribution in [2.75, 3.05) is 5.75 Å². The molecule has 0 unspecified atom stereocenters. The minimum absolute atomic E-state index is 0.0522. The maximum absolute atomic E-state index is 13.1. The number of benzene rings is 2. The number of aromatic nitrogens is 2. The Morgan fingerprint density at radius 2 is 1.89 bits per heavy atom. The van der Waals surface area contributed by atoms with Crippen LogP contribution in [0.2, 0.25) is 0 Å². The van der Waals surface area contributed by atoms with Gasteiger partial charge in [-0.3, -0.25) is 14.2 Å². The average molecular weight is 396 g/mol. The van der Waals surface area contributed by atoms with E-state index in [9.17, 15) is 9.59 Å². The van der Waals surface area contributed by atoms with Crippen LogP contribution in [0.4, 0.5) is 0 Å². The molecule has 1 aromatic heterocycles. The highest BCUT2D eigenvalue weighted by Crippen LogP contribution is 2.19. The summed E-state index contributed by atoms with van der Waals surface area (Å²) in [5, 5.41) is 4.10. The fraction of sp³-hybridized carbons (Fsp3) is 0.318. The smallest absolute Gasteiger partial charge is 0.262 e. The maximum atomic E-state index is 13.1. The van der Waals surface area contributed by atoms with Gasteiger partial charge in [0.25, 0.3) is 5.56 Å². The number of nitrogens with one attached hydrogen (secondary N) is 1. The Morgan fingerprint density at radius 1 is 1.18 bits per heavy atom. The molecule has 5 nitrogen and oxygen atoms in total. The second-order valence-electron chi connectivity index (χ2n) is 6.95. The zero-order chi connectivity index (χ0) is 20.1. The Hall–Kier alpha value is -2.60. The second kappa shape index (κ2) is 9.06. The molecule has 0 aliphatic rings. The second-order valence-corrected chi connectivity index (χ2v) is 7.90. The van der Waals surface area contributed by atoms with Gasteiger partial charge in [0.1, 0.15) is 0 Å². The van der Waals surface area contributed by atoms with Crippen LogP contribution in [0.25, 0.3) is 10.9 Å². The van der Waals surface area contributed by atoms with E-state index < -0.39 is 0 Å². The number of hydrogen-bond donors (Lipinski definition) is 1. The van der Waals surface area contributed by atoms with E-state index in [0.29, 0.717) is 22.6 Å². The Morgan fingerprint density at radius 3 is 2.61 bits per heavy atom. The number of hydrogen-bond acceptors (Lipinski definition) is 4. The molecule has 1 heterocycles. The lowest BCUT2D eigenvalue weighted by molar-refractivity contribution is -0.119. The van der Waals surface area contributed by atoms with Gasteiger partial charge < -0.3 is 5.32 Å². The number of aryl methyl sites for hydroxylation is 1. The molecule has 0 fully saturated rings. The van der Waals surface area contributed by atoms with Gasteiger partial charge in [-0.05, 0) is 38.0 Å². The molecule has 2 aromatic carbocycles. The molecule has 0 saturated carbocycles. The molecule has 6 heteroatoms. The van der Waals surface area contributed by atoms with Crippen molar-refractivity contribution in [2.24, 2.45) is 0 Å². The van der Waals surface area contributed by atoms with Crippen LogP contribution < -0.4 is 10.9 Å². The van der Waals surface area contributed by atoms with Crippen molar-refractivity contribution in [2.45, 2.75) is 44.9 Å². The third-order valence-corrected chi connectivity index (χ3v) is 5.62. The van der Waals surface area contributed by atoms with Crippen molar-refractivity contribution < 1.29 is 4.79 Å². The van der Waals surface area contributed by atoms with Gasteiger partial charge in [0.05, 0.1) is 23.2 Å². The Bertz CT molecular complexity index is 1030. The number of nitrogens with zero attached hydrogens (tertiary/aromatic N) is 2. The normalized spacial score (nSPS) is 12.1. The van der Waals surface area contributed by atoms with E-state index in [-0.39, 0.29) is 23.3 Å². The predicted molar refractivity (Wildman–Crippen MR) is 115 cm³/mol. The molecule has 0 spiro atoms. The molecule has 1 amide bonds. The van der Waals surface area contributed by atoms with Crippen LogP contribution in [0.3, 0.4) is 0 Å². The monoisotopic (exact) mass is 395 g/mol. The SMILES string of the molecule is CC[C@@H](C)NC(=O)CSc1nc2ccccc2c(=O)n1Cc1ccc(C)cc1. The van der Waals surface area contributed by atoms with E-state index in [1.54, 1.807) is 10.6 Å². The third-order valence-electron chi connectivity index (χ3n) is 4.64. The van der Waals surface area contributed by atoms with Gasteiger partial charge in [-0.2, -0.15) is 0 Å². The van der Waals surface area contributed by atoms with Crippen LogP contribution in [0.1, 0.15) is 31.4 Å². The summed E-state index contributed by atoms with van der Waals surface area (Å²) in [7, 11) is 0. The molecular formula is C22H25N3O2S. The topological polar surface area (TPSA) is 64.0 Å². The van der Waals surface area contributed by atoms with Crippen LogP contribution in [-0.4, -0.2) is 27.3 Å². The fourth-order valence-corrected chi connectivity index (χ4v) is 3.63. The van der Waals surface area contributed by atoms with Crippen LogP contribution in [0.5, 0.6) is 0 Å². The average Bonchev–Trinajstić information content (AvgIpc) is 2.70. The summed E-state index contributed by atoms with van der Waals surface area (Å²) in [6.45, 7) is 6.46. The van der Waals surface area contributed by atoms with E-state index in [2.05, 4.69) is 10.3 Å². The standard InChI is InChI=1S/C22H25N3O2S/c1-4-16(3)23-20(26)14-28-22-24-19-8-6-5-7-18(19)21(27)25(22)13-17-11-9-15(2)10-12-17/h5-12,16H,4,13-14H2,1-3H3,(H,23,26)/t16-/m1/s1. The van der Waals surface area contributed by atoms with Gasteiger partial charge >= 0.3 is 0 Å². The van der Waals surface area contributed by atoms with Crippen LogP contribution >= 0.6 is 11.8 Å². The van der Waals surface area contributed by atoms with Gasteiger partial charge in [-0.15, -0.1) is 0 Å². The van der Waals surface area contributed by atoms with E-state index in [1.165, 1.54) is 17.3 Å². The third kappa shape index (κ3) is 4.81. The zero-order valence-corrected chi connectivity index (χ0v) is 17.3. The summed E-state index contributed by atoms with van der Waals surface area (Å²) in [4.78, 5) is 30.0. The molecule has 0 saturated heterocycles. The van der Waals surface area contributed by atoms with Gasteiger partial charge in [-0.1, -0.05) is 60.6 Å². The lowest BCUT2D eigenvalue weighted by atomic mass is 10.1. The largest absolute Gasteiger partial charge is 0.353 e. The Balaban J connectivity index is 1.93. The molecule has 1 atom stereocenters. The maximum Gasteiger partial charge on any atom is 0.262 e. The molecule has 1 N–H and O–H groups in total. The minimum Gasteiger partial charge on any atom is -0.353 e. The summed E-state index contributed by atoms with van der Waals surface area (Å²) in [5.74, 6) is 0.173. The van der Waals surface area contributed by atoms with Crippen molar-refractivity contribution in [3.8, 4) is 0 Å². The summed E-state index contributed by atoms with van der Waals surface area (Å²) >= 11 is 1.30. The summed E-state index contributed by atoms with van der Waals surface area (Å²) < 4.78 is 1.66. The van der Waals surface area contributed by atoms with E-state index in [4.69, 9.17) is 0 Å². The first-order valence-corrected chi connectivity index (χ1v) is 10.4. The molecule has 3 rings (SSSR count). The zero-order valence-electron chi connectivity index (χ0n) is 16.4. The first kappa shape index (κ1) is 20.1. The molecule has 0 radical (unpaired) electrons. The van der Waals surface area contributed by atoms with Gasteiger partial charge in [-0.25, -0.2) is 4.98 Å². The molecule has 0 aliphatic carbocycles. The quantitative estimate of drug-likeness (QED) is 0.489. The van der Waals surface area contributed by atoms with Crippen LogP contribution in [-0.2, 0) is 11.3 Å². The number of carbonyl (C=O) groups is 1. The molecule has 3 aromatic rings. The summed E-state index contributed by atoms with van der Waals surface area (Å²) in [5.41, 5.74) is 2.76. The Kier molecular flexibility index (Phi) is 6.52. The van der Waals surface area contributed by atoms with E-state index in [1.807, 2.05) is 63.2 Å². The van der Waals surface area contributed by atoms with Gasteiger partial charge in [0, 0.05) is 6.04 Å². The highest BCUT2D eigenvalue weighted by Gasteiger charge is 2.14. The van der Waals surface area contributed by atoms with E-state index >= 15 is 0 Å². The number of rotatable bonds is 7. The van der Waals surface area contributed by atoms with Gasteiger partial charge in [0.15, 0.2) is 5.16 Å². The molecule has 0 aliphatic heterocycles. The van der Waals surface area contributed by atoms with Crippen molar-refractivity contribution in [3.05, 3.63) is 70.0 Å². The van der Waals surface area contributed by atoms with Gasteiger partial charge in [0.2, 0.25) is 5.91 Å². The molecule has 28 heavy (non-hydrogen) atoms. The summed E-state index contributed by atoms with van der Waals surface area (Å²) in [6.07, 6.45) is 0.878. The van der Waals surface area contributed by atoms with Crippen LogP contribution in [0, 0.1) is 6.92 Å². The van der Waals surface area contributed by atoms with Crippen molar-refractivity contribution in [1.82, 2.24) is 14.9 Å². The number of amides is 1. The highest BCUT2D eigenvalue weighted by molar-refractivity contribution is 7.99. The predicted octanol–water partition coefficient (Wildman–Crippen LogP) is 3.76. The number of fused-ring (bicyclic) bond motifs is 1. The van der Waals surface area contributed by atoms with Crippen LogP contribution in [0.15, 0.2) is 58.5 Å². The molecular weight excluding hydrogens is 370 g/mol. The first-order valence-electron chi connectivity index (χ1n) is 9.45. The van der Waals surface area contributed by atoms with Crippen molar-refractivity contribution in [1.29, 1.82) is 0 Å². The highest BCUT2D eigenvalue weighted by atomic mass is 32.2.